The summed E-state index contributed by atoms with van der Waals surface area (Å²) in [6, 6.07) is 12.0. The molecule has 34 heavy (non-hydrogen) atoms. The van der Waals surface area contributed by atoms with Gasteiger partial charge in [0.2, 0.25) is 0 Å². The summed E-state index contributed by atoms with van der Waals surface area (Å²) in [5.41, 5.74) is 1.87. The average molecular weight is 506 g/mol. The molecule has 2 atom stereocenters. The fourth-order valence-electron chi connectivity index (χ4n) is 4.07. The lowest BCUT2D eigenvalue weighted by molar-refractivity contribution is -0.142. The molecule has 1 amide bonds. The molecule has 1 saturated heterocycles. The lowest BCUT2D eigenvalue weighted by Crippen LogP contribution is -2.41. The number of esters is 1. The van der Waals surface area contributed by atoms with Gasteiger partial charge in [0.15, 0.2) is 0 Å². The van der Waals surface area contributed by atoms with Gasteiger partial charge < -0.3 is 19.5 Å². The SMILES string of the molecule is COC(=O)C(CC=Cc1ccc(C2(OC)CCCOCC2)cc1)NC(=O)c1c(Cl)cccc1Cl. The second-order valence-electron chi connectivity index (χ2n) is 8.07. The predicted molar refractivity (Wildman–Crippen MR) is 133 cm³/mol. The molecule has 0 radical (unpaired) electrons. The summed E-state index contributed by atoms with van der Waals surface area (Å²) in [6.07, 6.45) is 6.63. The summed E-state index contributed by atoms with van der Waals surface area (Å²) in [6.45, 7) is 1.43. The number of rotatable bonds is 8. The number of ether oxygens (including phenoxy) is 3. The van der Waals surface area contributed by atoms with Crippen LogP contribution < -0.4 is 5.32 Å². The zero-order valence-corrected chi connectivity index (χ0v) is 20.8. The van der Waals surface area contributed by atoms with E-state index in [1.54, 1.807) is 25.3 Å². The van der Waals surface area contributed by atoms with Crippen LogP contribution in [0.4, 0.5) is 0 Å². The molecule has 6 nitrogen and oxygen atoms in total. The van der Waals surface area contributed by atoms with E-state index in [-0.39, 0.29) is 27.6 Å². The third-order valence-electron chi connectivity index (χ3n) is 6.01. The van der Waals surface area contributed by atoms with Gasteiger partial charge in [0.05, 0.1) is 28.3 Å². The van der Waals surface area contributed by atoms with E-state index in [2.05, 4.69) is 17.4 Å². The molecule has 0 aliphatic carbocycles. The molecule has 182 valence electrons. The van der Waals surface area contributed by atoms with Crippen LogP contribution >= 0.6 is 23.2 Å². The molecule has 2 unspecified atom stereocenters. The highest BCUT2D eigenvalue weighted by molar-refractivity contribution is 6.39. The lowest BCUT2D eigenvalue weighted by atomic mass is 9.86. The van der Waals surface area contributed by atoms with Gasteiger partial charge in [0, 0.05) is 26.7 Å². The van der Waals surface area contributed by atoms with Crippen LogP contribution in [0.1, 0.15) is 47.2 Å². The normalized spacial score (nSPS) is 19.4. The van der Waals surface area contributed by atoms with E-state index in [0.29, 0.717) is 6.61 Å². The second-order valence-corrected chi connectivity index (χ2v) is 8.88. The van der Waals surface area contributed by atoms with Crippen LogP contribution in [-0.4, -0.2) is 45.4 Å². The van der Waals surface area contributed by atoms with Gasteiger partial charge in [-0.3, -0.25) is 4.79 Å². The monoisotopic (exact) mass is 505 g/mol. The Morgan fingerprint density at radius 1 is 1.09 bits per heavy atom. The van der Waals surface area contributed by atoms with Crippen LogP contribution in [0.5, 0.6) is 0 Å². The zero-order valence-electron chi connectivity index (χ0n) is 19.3. The third kappa shape index (κ3) is 6.39. The van der Waals surface area contributed by atoms with Gasteiger partial charge in [-0.1, -0.05) is 65.7 Å². The van der Waals surface area contributed by atoms with Crippen LogP contribution in [0, 0.1) is 0 Å². The van der Waals surface area contributed by atoms with E-state index in [4.69, 9.17) is 37.4 Å². The molecule has 1 aliphatic rings. The van der Waals surface area contributed by atoms with Gasteiger partial charge in [-0.2, -0.15) is 0 Å². The Morgan fingerprint density at radius 3 is 2.44 bits per heavy atom. The van der Waals surface area contributed by atoms with Gasteiger partial charge in [0.25, 0.3) is 5.91 Å². The van der Waals surface area contributed by atoms with Crippen molar-refractivity contribution in [2.75, 3.05) is 27.4 Å². The number of benzene rings is 2. The molecule has 2 aromatic rings. The largest absolute Gasteiger partial charge is 0.467 e. The summed E-state index contributed by atoms with van der Waals surface area (Å²) in [5.74, 6) is -1.10. The number of amides is 1. The van der Waals surface area contributed by atoms with Gasteiger partial charge in [-0.25, -0.2) is 4.79 Å². The number of carbonyl (C=O) groups excluding carboxylic acids is 2. The molecule has 1 heterocycles. The molecular formula is C26H29Cl2NO5. The summed E-state index contributed by atoms with van der Waals surface area (Å²) < 4.78 is 16.4. The first-order valence-electron chi connectivity index (χ1n) is 11.1. The smallest absolute Gasteiger partial charge is 0.328 e. The Bertz CT molecular complexity index is 994. The van der Waals surface area contributed by atoms with Crippen LogP contribution in [-0.2, 0) is 24.6 Å². The molecule has 0 spiro atoms. The van der Waals surface area contributed by atoms with E-state index >= 15 is 0 Å². The van der Waals surface area contributed by atoms with Crippen molar-refractivity contribution in [2.24, 2.45) is 0 Å². The van der Waals surface area contributed by atoms with E-state index in [1.165, 1.54) is 7.11 Å². The Labute approximate surface area is 210 Å². The minimum atomic E-state index is -0.886. The Hall–Kier alpha value is -2.38. The highest BCUT2D eigenvalue weighted by atomic mass is 35.5. The minimum absolute atomic E-state index is 0.121. The van der Waals surface area contributed by atoms with Crippen molar-refractivity contribution >= 4 is 41.2 Å². The Kier molecular flexibility index (Phi) is 9.54. The Balaban J connectivity index is 1.68. The number of halogens is 2. The fourth-order valence-corrected chi connectivity index (χ4v) is 4.64. The first-order valence-corrected chi connectivity index (χ1v) is 11.9. The first kappa shape index (κ1) is 26.2. The quantitative estimate of drug-likeness (QED) is 0.485. The molecule has 0 aromatic heterocycles. The maximum absolute atomic E-state index is 12.7. The molecule has 8 heteroatoms. The standard InChI is InChI=1S/C26H29Cl2NO5/c1-32-25(31)22(29-24(30)23-20(27)7-4-8-21(23)28)9-3-6-18-10-12-19(13-11-18)26(33-2)14-5-16-34-17-15-26/h3-4,6-8,10-13,22H,5,9,14-17H2,1-2H3,(H,29,30). The molecule has 1 N–H and O–H groups in total. The fraction of sp³-hybridized carbons (Fsp3) is 0.385. The maximum atomic E-state index is 12.7. The van der Waals surface area contributed by atoms with Gasteiger partial charge in [0.1, 0.15) is 6.04 Å². The van der Waals surface area contributed by atoms with Crippen LogP contribution in [0.2, 0.25) is 10.0 Å². The van der Waals surface area contributed by atoms with Gasteiger partial charge in [-0.05, 0) is 42.5 Å². The topological polar surface area (TPSA) is 73.9 Å². The molecule has 3 rings (SSSR count). The minimum Gasteiger partial charge on any atom is -0.467 e. The van der Waals surface area contributed by atoms with Crippen molar-refractivity contribution < 1.29 is 23.8 Å². The van der Waals surface area contributed by atoms with Crippen molar-refractivity contribution in [1.29, 1.82) is 0 Å². The van der Waals surface area contributed by atoms with E-state index < -0.39 is 17.9 Å². The van der Waals surface area contributed by atoms with Gasteiger partial charge in [-0.15, -0.1) is 0 Å². The third-order valence-corrected chi connectivity index (χ3v) is 6.64. The van der Waals surface area contributed by atoms with Crippen LogP contribution in [0.15, 0.2) is 48.5 Å². The highest BCUT2D eigenvalue weighted by Crippen LogP contribution is 2.36. The second kappa shape index (κ2) is 12.4. The van der Waals surface area contributed by atoms with Crippen LogP contribution in [0.3, 0.4) is 0 Å². The molecule has 0 saturated carbocycles. The molecule has 0 bridgehead atoms. The number of hydrogen-bond acceptors (Lipinski definition) is 5. The molecule has 1 fully saturated rings. The van der Waals surface area contributed by atoms with Crippen molar-refractivity contribution in [2.45, 2.75) is 37.3 Å². The summed E-state index contributed by atoms with van der Waals surface area (Å²) in [5, 5.41) is 3.07. The van der Waals surface area contributed by atoms with Crippen LogP contribution in [0.25, 0.3) is 6.08 Å². The molecule has 1 aliphatic heterocycles. The summed E-state index contributed by atoms with van der Waals surface area (Å²) in [4.78, 5) is 24.9. The number of carbonyl (C=O) groups is 2. The van der Waals surface area contributed by atoms with Gasteiger partial charge >= 0.3 is 5.97 Å². The van der Waals surface area contributed by atoms with Crippen molar-refractivity contribution in [3.63, 3.8) is 0 Å². The summed E-state index contributed by atoms with van der Waals surface area (Å²) in [7, 11) is 3.02. The van der Waals surface area contributed by atoms with Crippen molar-refractivity contribution in [1.82, 2.24) is 5.32 Å². The average Bonchev–Trinajstić information content (AvgIpc) is 3.10. The van der Waals surface area contributed by atoms with Crippen molar-refractivity contribution in [3.8, 4) is 0 Å². The summed E-state index contributed by atoms with van der Waals surface area (Å²) >= 11 is 12.2. The maximum Gasteiger partial charge on any atom is 0.328 e. The number of nitrogens with one attached hydrogen (secondary N) is 1. The first-order chi connectivity index (χ1) is 16.4. The van der Waals surface area contributed by atoms with E-state index in [9.17, 15) is 9.59 Å². The molecule has 2 aromatic carbocycles. The lowest BCUT2D eigenvalue weighted by Gasteiger charge is -2.31. The van der Waals surface area contributed by atoms with Crippen molar-refractivity contribution in [3.05, 3.63) is 75.3 Å². The Morgan fingerprint density at radius 2 is 1.79 bits per heavy atom. The number of methoxy groups -OCH3 is 2. The van der Waals surface area contributed by atoms with E-state index in [0.717, 1.165) is 37.0 Å². The zero-order chi connectivity index (χ0) is 24.6. The number of hydrogen-bond donors (Lipinski definition) is 1. The highest BCUT2D eigenvalue weighted by Gasteiger charge is 2.33. The predicted octanol–water partition coefficient (Wildman–Crippen LogP) is 5.41. The molecular weight excluding hydrogens is 477 g/mol. The van der Waals surface area contributed by atoms with E-state index in [1.807, 2.05) is 24.3 Å².